The summed E-state index contributed by atoms with van der Waals surface area (Å²) in [6, 6.07) is 16.0. The van der Waals surface area contributed by atoms with Gasteiger partial charge in [0.2, 0.25) is 0 Å². The summed E-state index contributed by atoms with van der Waals surface area (Å²) in [7, 11) is 0. The van der Waals surface area contributed by atoms with Crippen LogP contribution >= 0.6 is 0 Å². The Morgan fingerprint density at radius 3 is 2.30 bits per heavy atom. The molecule has 238 valence electrons. The highest BCUT2D eigenvalue weighted by Gasteiger charge is 2.18. The second-order valence-electron chi connectivity index (χ2n) is 11.4. The number of aliphatic imine (C=N–C) groups is 1. The number of carboxylic acid groups (broad SMARTS) is 1. The number of nitrogens with zero attached hydrogens (tertiary/aromatic N) is 2. The van der Waals surface area contributed by atoms with E-state index in [0.717, 1.165) is 61.1 Å². The van der Waals surface area contributed by atoms with Crippen LogP contribution in [0.1, 0.15) is 87.7 Å². The van der Waals surface area contributed by atoms with E-state index in [2.05, 4.69) is 40.3 Å². The Kier molecular flexibility index (Phi) is 15.0. The topological polar surface area (TPSA) is 169 Å². The van der Waals surface area contributed by atoms with Crippen LogP contribution in [0.3, 0.4) is 0 Å². The molecule has 0 aliphatic carbocycles. The smallest absolute Gasteiger partial charge is 0.328 e. The number of carboxylic acids is 1. The van der Waals surface area contributed by atoms with Gasteiger partial charge in [-0.15, -0.1) is 0 Å². The fraction of sp³-hybridized carbons (Fsp3) is 0.457. The van der Waals surface area contributed by atoms with E-state index in [1.807, 2.05) is 18.2 Å². The Balaban J connectivity index is 1.80. The molecule has 0 radical (unpaired) electrons. The highest BCUT2D eigenvalue weighted by molar-refractivity contribution is 5.84. The lowest BCUT2D eigenvalue weighted by Crippen LogP contribution is -2.24. The van der Waals surface area contributed by atoms with Crippen LogP contribution in [0.5, 0.6) is 0 Å². The summed E-state index contributed by atoms with van der Waals surface area (Å²) < 4.78 is 0. The lowest BCUT2D eigenvalue weighted by atomic mass is 9.85. The van der Waals surface area contributed by atoms with E-state index in [9.17, 15) is 14.7 Å². The number of guanidine groups is 1. The number of benzene rings is 2. The van der Waals surface area contributed by atoms with Gasteiger partial charge in [-0.2, -0.15) is 0 Å². The highest BCUT2D eigenvalue weighted by atomic mass is 16.4. The fourth-order valence-corrected chi connectivity index (χ4v) is 5.68. The zero-order chi connectivity index (χ0) is 31.6. The van der Waals surface area contributed by atoms with Gasteiger partial charge in [-0.3, -0.25) is 0 Å². The van der Waals surface area contributed by atoms with E-state index in [1.165, 1.54) is 37.3 Å². The number of H-pyrrole nitrogens is 1. The maximum absolute atomic E-state index is 11.8. The molecule has 0 saturated carbocycles. The molecule has 2 atom stereocenters. The normalized spacial score (nSPS) is 13.0. The van der Waals surface area contributed by atoms with E-state index in [0.29, 0.717) is 24.2 Å². The third-order valence-corrected chi connectivity index (χ3v) is 8.03. The van der Waals surface area contributed by atoms with Gasteiger partial charge in [0.15, 0.2) is 5.96 Å². The molecule has 0 saturated heterocycles. The Bertz CT molecular complexity index is 1350. The van der Waals surface area contributed by atoms with E-state index in [1.54, 1.807) is 6.20 Å². The number of hydrogen-bond donors (Lipinski definition) is 5. The van der Waals surface area contributed by atoms with Crippen LogP contribution in [0.2, 0.25) is 0 Å². The zero-order valence-corrected chi connectivity index (χ0v) is 25.7. The van der Waals surface area contributed by atoms with Gasteiger partial charge in [-0.25, -0.2) is 9.79 Å². The van der Waals surface area contributed by atoms with Crippen LogP contribution in [0.15, 0.2) is 71.4 Å². The number of aliphatic carboxylic acids is 1. The van der Waals surface area contributed by atoms with Crippen molar-refractivity contribution in [1.82, 2.24) is 4.98 Å². The van der Waals surface area contributed by atoms with Gasteiger partial charge in [0.1, 0.15) is 6.29 Å². The third-order valence-electron chi connectivity index (χ3n) is 8.03. The number of rotatable bonds is 22. The lowest BCUT2D eigenvalue weighted by molar-refractivity contribution is -0.131. The van der Waals surface area contributed by atoms with Gasteiger partial charge in [0.05, 0.1) is 6.54 Å². The molecule has 1 aromatic heterocycles. The van der Waals surface area contributed by atoms with E-state index < -0.39 is 12.0 Å². The number of aliphatic hydroxyl groups is 1. The number of aromatic amines is 1. The summed E-state index contributed by atoms with van der Waals surface area (Å²) in [4.78, 5) is 30.1. The Morgan fingerprint density at radius 2 is 1.64 bits per heavy atom. The van der Waals surface area contributed by atoms with Crippen molar-refractivity contribution >= 4 is 34.8 Å². The van der Waals surface area contributed by atoms with Gasteiger partial charge < -0.3 is 36.8 Å². The van der Waals surface area contributed by atoms with E-state index in [-0.39, 0.29) is 25.0 Å². The predicted octanol–water partition coefficient (Wildman–Crippen LogP) is 6.63. The average molecular weight is 603 g/mol. The molecule has 0 fully saturated rings. The summed E-state index contributed by atoms with van der Waals surface area (Å²) in [5.41, 5.74) is 13.9. The van der Waals surface area contributed by atoms with Crippen molar-refractivity contribution < 1.29 is 19.8 Å². The minimum atomic E-state index is -1.06. The molecule has 9 heteroatoms. The Morgan fingerprint density at radius 1 is 0.909 bits per heavy atom. The number of carbonyl (C=O) groups is 2. The first-order valence-corrected chi connectivity index (χ1v) is 15.8. The van der Waals surface area contributed by atoms with Crippen molar-refractivity contribution in [3.8, 4) is 0 Å². The van der Waals surface area contributed by atoms with Crippen molar-refractivity contribution in [3.63, 3.8) is 0 Å². The molecule has 44 heavy (non-hydrogen) atoms. The van der Waals surface area contributed by atoms with Crippen LogP contribution in [-0.2, 0) is 16.0 Å². The number of hydrogen-bond acceptors (Lipinski definition) is 4. The Labute approximate surface area is 260 Å². The lowest BCUT2D eigenvalue weighted by Gasteiger charge is -2.29. The summed E-state index contributed by atoms with van der Waals surface area (Å²) in [6.45, 7) is 0.331. The summed E-state index contributed by atoms with van der Waals surface area (Å²) >= 11 is 0. The van der Waals surface area contributed by atoms with Gasteiger partial charge in [-0.05, 0) is 65.1 Å². The first-order valence-electron chi connectivity index (χ1n) is 15.8. The monoisotopic (exact) mass is 602 g/mol. The minimum Gasteiger partial charge on any atom is -0.478 e. The molecule has 9 nitrogen and oxygen atoms in total. The second kappa shape index (κ2) is 19.2. The van der Waals surface area contributed by atoms with Crippen LogP contribution in [-0.4, -0.2) is 52.6 Å². The number of nitrogens with one attached hydrogen (secondary N) is 1. The largest absolute Gasteiger partial charge is 0.478 e. The molecule has 7 N–H and O–H groups in total. The average Bonchev–Trinajstić information content (AvgIpc) is 3.52. The quantitative estimate of drug-likeness (QED) is 0.0284. The first-order chi connectivity index (χ1) is 21.4. The summed E-state index contributed by atoms with van der Waals surface area (Å²) in [5.74, 6) is -0.253. The maximum atomic E-state index is 11.8. The third kappa shape index (κ3) is 12.2. The standard InChI is InChI=1S/C35H48N5O4/c36-35(37)39-25-31(24-34(43)44)32(40-33-11-9-19-38-33)17-16-27(10-7-5-3-1-2-4-6-8-20-41)29-15-14-28-13-12-26(18-21-42)22-30(28)23-29/h9,11-15,19,21-24,27,32,38,41H,1-8,10,16-18,20,25H2,(H,43,44)(H4,36,37,39)/q-1. The molecule has 0 bridgehead atoms. The first kappa shape index (κ1) is 34.4. The van der Waals surface area contributed by atoms with Crippen LogP contribution < -0.4 is 11.5 Å². The number of aliphatic hydroxyl groups excluding tert-OH is 1. The minimum absolute atomic E-state index is 0.0575. The van der Waals surface area contributed by atoms with Gasteiger partial charge in [0, 0.05) is 19.1 Å². The van der Waals surface area contributed by atoms with Crippen molar-refractivity contribution in [2.24, 2.45) is 16.5 Å². The van der Waals surface area contributed by atoms with E-state index >= 15 is 0 Å². The van der Waals surface area contributed by atoms with E-state index in [4.69, 9.17) is 21.9 Å². The number of unbranched alkanes of at least 4 members (excludes halogenated alkanes) is 7. The van der Waals surface area contributed by atoms with Crippen molar-refractivity contribution in [2.45, 2.75) is 89.0 Å². The summed E-state index contributed by atoms with van der Waals surface area (Å²) in [6.07, 6.45) is 15.7. The van der Waals surface area contributed by atoms with Crippen molar-refractivity contribution in [3.05, 3.63) is 82.8 Å². The number of nitrogens with two attached hydrogens (primary N) is 2. The number of aldehydes is 1. The molecule has 2 aromatic carbocycles. The zero-order valence-electron chi connectivity index (χ0n) is 25.7. The van der Waals surface area contributed by atoms with Crippen LogP contribution in [0, 0.1) is 0 Å². The molecule has 3 rings (SSSR count). The maximum Gasteiger partial charge on any atom is 0.328 e. The number of carbonyl (C=O) groups excluding carboxylic acids is 1. The molecular formula is C35H48N5O4-. The molecule has 1 heterocycles. The van der Waals surface area contributed by atoms with Crippen LogP contribution in [0.4, 0.5) is 5.82 Å². The molecule has 0 spiro atoms. The molecule has 3 aromatic rings. The molecule has 2 unspecified atom stereocenters. The van der Waals surface area contributed by atoms with Gasteiger partial charge >= 0.3 is 5.97 Å². The highest BCUT2D eigenvalue weighted by Crippen LogP contribution is 2.34. The fourth-order valence-electron chi connectivity index (χ4n) is 5.68. The number of fused-ring (bicyclic) bond motifs is 1. The molecule has 0 aliphatic rings. The summed E-state index contributed by atoms with van der Waals surface area (Å²) in [5, 5.41) is 25.7. The predicted molar refractivity (Wildman–Crippen MR) is 178 cm³/mol. The Hall–Kier alpha value is -4.11. The molecule has 0 amide bonds. The van der Waals surface area contributed by atoms with Crippen LogP contribution in [0.25, 0.3) is 16.1 Å². The second-order valence-corrected chi connectivity index (χ2v) is 11.4. The molecule has 0 aliphatic heterocycles. The number of aromatic nitrogens is 1. The molecular weight excluding hydrogens is 554 g/mol. The van der Waals surface area contributed by atoms with Crippen molar-refractivity contribution in [2.75, 3.05) is 13.2 Å². The van der Waals surface area contributed by atoms with Gasteiger partial charge in [-0.1, -0.05) is 105 Å². The van der Waals surface area contributed by atoms with Gasteiger partial charge in [0.25, 0.3) is 0 Å². The SMILES string of the molecule is NC(N)=NCC(=CC(=O)O)C(CCC(CCCCCCCCCCO)c1ccc2ccc(CC=O)cc2c1)[N-]c1ccc[nH]1. The van der Waals surface area contributed by atoms with Crippen molar-refractivity contribution in [1.29, 1.82) is 0 Å².